The van der Waals surface area contributed by atoms with Crippen LogP contribution in [-0.2, 0) is 6.54 Å². The van der Waals surface area contributed by atoms with E-state index in [1.165, 1.54) is 18.2 Å². The van der Waals surface area contributed by atoms with Crippen molar-refractivity contribution in [1.82, 2.24) is 0 Å². The third-order valence-corrected chi connectivity index (χ3v) is 3.57. The van der Waals surface area contributed by atoms with Crippen LogP contribution in [0, 0.1) is 10.1 Å². The molecule has 0 aliphatic rings. The van der Waals surface area contributed by atoms with E-state index in [0.29, 0.717) is 32.9 Å². The van der Waals surface area contributed by atoms with Gasteiger partial charge in [-0.25, -0.2) is 0 Å². The molecule has 20 heavy (non-hydrogen) atoms. The highest BCUT2D eigenvalue weighted by Crippen LogP contribution is 2.27. The van der Waals surface area contributed by atoms with Gasteiger partial charge in [-0.1, -0.05) is 34.8 Å². The average Bonchev–Trinajstić information content (AvgIpc) is 2.41. The second-order valence-electron chi connectivity index (χ2n) is 4.01. The summed E-state index contributed by atoms with van der Waals surface area (Å²) >= 11 is 17.9. The molecule has 0 heterocycles. The lowest BCUT2D eigenvalue weighted by Gasteiger charge is -2.10. The number of hydrogen-bond donors (Lipinski definition) is 1. The molecule has 0 saturated heterocycles. The van der Waals surface area contributed by atoms with Crippen LogP contribution in [0.25, 0.3) is 0 Å². The van der Waals surface area contributed by atoms with E-state index in [1.807, 2.05) is 0 Å². The van der Waals surface area contributed by atoms with E-state index in [-0.39, 0.29) is 5.69 Å². The van der Waals surface area contributed by atoms with Crippen molar-refractivity contribution in [3.63, 3.8) is 0 Å². The molecule has 0 spiro atoms. The summed E-state index contributed by atoms with van der Waals surface area (Å²) in [5, 5.41) is 15.3. The van der Waals surface area contributed by atoms with Gasteiger partial charge in [0.05, 0.1) is 15.6 Å². The molecule has 7 heteroatoms. The van der Waals surface area contributed by atoms with Crippen molar-refractivity contribution in [3.05, 3.63) is 67.1 Å². The van der Waals surface area contributed by atoms with E-state index < -0.39 is 4.92 Å². The summed E-state index contributed by atoms with van der Waals surface area (Å²) in [6.07, 6.45) is 0. The van der Waals surface area contributed by atoms with Crippen LogP contribution < -0.4 is 5.32 Å². The first kappa shape index (κ1) is 14.9. The molecule has 1 N–H and O–H groups in total. The van der Waals surface area contributed by atoms with E-state index in [0.717, 1.165) is 0 Å². The normalized spacial score (nSPS) is 10.3. The van der Waals surface area contributed by atoms with Crippen molar-refractivity contribution in [2.45, 2.75) is 6.54 Å². The number of hydrogen-bond acceptors (Lipinski definition) is 3. The molecule has 2 aromatic rings. The van der Waals surface area contributed by atoms with Crippen molar-refractivity contribution in [1.29, 1.82) is 0 Å². The van der Waals surface area contributed by atoms with Gasteiger partial charge in [-0.05, 0) is 29.8 Å². The van der Waals surface area contributed by atoms with E-state index in [1.54, 1.807) is 18.2 Å². The third kappa shape index (κ3) is 3.54. The Kier molecular flexibility index (Phi) is 4.70. The van der Waals surface area contributed by atoms with E-state index in [9.17, 15) is 10.1 Å². The van der Waals surface area contributed by atoms with Crippen LogP contribution >= 0.6 is 34.8 Å². The molecule has 0 aliphatic carbocycles. The van der Waals surface area contributed by atoms with Gasteiger partial charge < -0.3 is 5.32 Å². The largest absolute Gasteiger partial charge is 0.380 e. The molecule has 104 valence electrons. The highest BCUT2D eigenvalue weighted by Gasteiger charge is 2.10. The second kappa shape index (κ2) is 6.31. The van der Waals surface area contributed by atoms with Gasteiger partial charge in [0.2, 0.25) is 0 Å². The quantitative estimate of drug-likeness (QED) is 0.621. The summed E-state index contributed by atoms with van der Waals surface area (Å²) in [4.78, 5) is 10.3. The molecule has 0 amide bonds. The fourth-order valence-corrected chi connectivity index (χ4v) is 2.17. The lowest BCUT2D eigenvalue weighted by atomic mass is 10.2. The number of benzene rings is 2. The molecule has 0 bridgehead atoms. The van der Waals surface area contributed by atoms with Gasteiger partial charge in [0.1, 0.15) is 0 Å². The average molecular weight is 332 g/mol. The first-order chi connectivity index (χ1) is 9.47. The Morgan fingerprint density at radius 2 is 1.75 bits per heavy atom. The van der Waals surface area contributed by atoms with Gasteiger partial charge in [0, 0.05) is 28.7 Å². The second-order valence-corrected chi connectivity index (χ2v) is 5.26. The summed E-state index contributed by atoms with van der Waals surface area (Å²) in [5.74, 6) is 0. The molecule has 2 rings (SSSR count). The highest BCUT2D eigenvalue weighted by atomic mass is 35.5. The molecule has 2 aromatic carbocycles. The van der Waals surface area contributed by atoms with Crippen LogP contribution in [0.5, 0.6) is 0 Å². The number of nitro benzene ring substituents is 1. The number of anilines is 1. The van der Waals surface area contributed by atoms with Gasteiger partial charge in [0.25, 0.3) is 5.69 Å². The van der Waals surface area contributed by atoms with Gasteiger partial charge in [0.15, 0.2) is 0 Å². The van der Waals surface area contributed by atoms with Crippen LogP contribution in [0.2, 0.25) is 15.1 Å². The van der Waals surface area contributed by atoms with Crippen molar-refractivity contribution in [2.75, 3.05) is 5.32 Å². The Morgan fingerprint density at radius 1 is 1.05 bits per heavy atom. The van der Waals surface area contributed by atoms with Crippen LogP contribution in [0.4, 0.5) is 11.4 Å². The van der Waals surface area contributed by atoms with E-state index in [4.69, 9.17) is 34.8 Å². The van der Waals surface area contributed by atoms with Crippen molar-refractivity contribution >= 4 is 46.2 Å². The Hall–Kier alpha value is -1.49. The smallest absolute Gasteiger partial charge is 0.269 e. The minimum absolute atomic E-state index is 0.0107. The molecular weight excluding hydrogens is 323 g/mol. The zero-order valence-corrected chi connectivity index (χ0v) is 12.3. The van der Waals surface area contributed by atoms with Gasteiger partial charge in [-0.2, -0.15) is 0 Å². The predicted molar refractivity (Wildman–Crippen MR) is 81.9 cm³/mol. The van der Waals surface area contributed by atoms with E-state index >= 15 is 0 Å². The Labute approximate surface area is 130 Å². The predicted octanol–water partition coefficient (Wildman–Crippen LogP) is 5.17. The Bertz CT molecular complexity index is 662. The maximum atomic E-state index is 10.7. The lowest BCUT2D eigenvalue weighted by molar-refractivity contribution is -0.384. The minimum atomic E-state index is -0.466. The molecular formula is C13H9Cl3N2O2. The van der Waals surface area contributed by atoms with Gasteiger partial charge in [-0.15, -0.1) is 0 Å². The number of halogens is 3. The summed E-state index contributed by atoms with van der Waals surface area (Å²) in [6, 6.07) is 9.30. The number of rotatable bonds is 4. The topological polar surface area (TPSA) is 55.2 Å². The molecule has 0 saturated carbocycles. The Morgan fingerprint density at radius 3 is 2.45 bits per heavy atom. The van der Waals surface area contributed by atoms with Crippen molar-refractivity contribution in [3.8, 4) is 0 Å². The molecule has 0 unspecified atom stereocenters. The van der Waals surface area contributed by atoms with Crippen molar-refractivity contribution in [2.24, 2.45) is 0 Å². The summed E-state index contributed by atoms with van der Waals surface area (Å²) < 4.78 is 0. The fourth-order valence-electron chi connectivity index (χ4n) is 1.63. The number of non-ortho nitro benzene ring substituents is 1. The molecule has 4 nitrogen and oxygen atoms in total. The molecule has 0 fully saturated rings. The van der Waals surface area contributed by atoms with Crippen LogP contribution in [0.3, 0.4) is 0 Å². The van der Waals surface area contributed by atoms with Crippen LogP contribution in [0.1, 0.15) is 5.56 Å². The summed E-state index contributed by atoms with van der Waals surface area (Å²) in [5.41, 5.74) is 1.24. The number of nitrogens with one attached hydrogen (secondary N) is 1. The number of nitro groups is 1. The molecule has 0 atom stereocenters. The van der Waals surface area contributed by atoms with Gasteiger partial charge >= 0.3 is 0 Å². The zero-order valence-electron chi connectivity index (χ0n) is 10.1. The first-order valence-electron chi connectivity index (χ1n) is 5.59. The SMILES string of the molecule is O=[N+]([O-])c1ccc(Cl)c(CNc2cc(Cl)ccc2Cl)c1. The lowest BCUT2D eigenvalue weighted by Crippen LogP contribution is -2.01. The molecule has 0 radical (unpaired) electrons. The first-order valence-corrected chi connectivity index (χ1v) is 6.72. The summed E-state index contributed by atoms with van der Waals surface area (Å²) in [7, 11) is 0. The van der Waals surface area contributed by atoms with E-state index in [2.05, 4.69) is 5.32 Å². The zero-order chi connectivity index (χ0) is 14.7. The third-order valence-electron chi connectivity index (χ3n) is 2.64. The molecule has 0 aliphatic heterocycles. The Balaban J connectivity index is 2.20. The minimum Gasteiger partial charge on any atom is -0.380 e. The van der Waals surface area contributed by atoms with Crippen molar-refractivity contribution < 1.29 is 4.92 Å². The highest BCUT2D eigenvalue weighted by molar-refractivity contribution is 6.35. The maximum absolute atomic E-state index is 10.7. The maximum Gasteiger partial charge on any atom is 0.269 e. The van der Waals surface area contributed by atoms with Crippen LogP contribution in [0.15, 0.2) is 36.4 Å². The molecule has 0 aromatic heterocycles. The number of nitrogens with zero attached hydrogens (tertiary/aromatic N) is 1. The monoisotopic (exact) mass is 330 g/mol. The van der Waals surface area contributed by atoms with Gasteiger partial charge in [-0.3, -0.25) is 10.1 Å². The fraction of sp³-hybridized carbons (Fsp3) is 0.0769. The summed E-state index contributed by atoms with van der Waals surface area (Å²) in [6.45, 7) is 0.306. The van der Waals surface area contributed by atoms with Crippen LogP contribution in [-0.4, -0.2) is 4.92 Å². The standard InChI is InChI=1S/C13H9Cl3N2O2/c14-9-1-3-12(16)13(6-9)17-7-8-5-10(18(19)20)2-4-11(8)15/h1-6,17H,7H2.